The summed E-state index contributed by atoms with van der Waals surface area (Å²) in [6, 6.07) is 0. The molecule has 1 saturated carbocycles. The zero-order chi connectivity index (χ0) is 11.6. The molecule has 5 nitrogen and oxygen atoms in total. The van der Waals surface area contributed by atoms with Crippen molar-refractivity contribution in [3.63, 3.8) is 0 Å². The quantitative estimate of drug-likeness (QED) is 0.819. The minimum Gasteiger partial charge on any atom is -0.374 e. The van der Waals surface area contributed by atoms with Crippen LogP contribution in [0.4, 0.5) is 5.13 Å². The second-order valence-electron chi connectivity index (χ2n) is 4.41. The van der Waals surface area contributed by atoms with Crippen molar-refractivity contribution in [2.45, 2.75) is 37.8 Å². The van der Waals surface area contributed by atoms with E-state index in [1.165, 1.54) is 18.0 Å². The first kappa shape index (κ1) is 11.8. The lowest BCUT2D eigenvalue weighted by Gasteiger charge is -2.37. The number of nitrogens with one attached hydrogen (secondary N) is 1. The Morgan fingerprint density at radius 3 is 2.94 bits per heavy atom. The molecule has 1 aromatic heterocycles. The summed E-state index contributed by atoms with van der Waals surface area (Å²) < 4.78 is 9.39. The van der Waals surface area contributed by atoms with Gasteiger partial charge in [-0.05, 0) is 26.2 Å². The number of hydrogen-bond acceptors (Lipinski definition) is 6. The average Bonchev–Trinajstić information content (AvgIpc) is 2.71. The number of nitrogens with two attached hydrogens (primary N) is 1. The van der Waals surface area contributed by atoms with Crippen LogP contribution in [0, 0.1) is 0 Å². The maximum absolute atomic E-state index is 6.11. The fraction of sp³-hybridized carbons (Fsp3) is 0.800. The molecule has 1 fully saturated rings. The van der Waals surface area contributed by atoms with Gasteiger partial charge in [-0.2, -0.15) is 4.37 Å². The first-order valence-electron chi connectivity index (χ1n) is 5.52. The Balaban J connectivity index is 1.87. The largest absolute Gasteiger partial charge is 0.374 e. The van der Waals surface area contributed by atoms with Crippen LogP contribution in [0.3, 0.4) is 0 Å². The van der Waals surface area contributed by atoms with E-state index in [0.717, 1.165) is 30.3 Å². The minimum atomic E-state index is -0.0534. The van der Waals surface area contributed by atoms with Crippen molar-refractivity contribution in [2.75, 3.05) is 19.0 Å². The summed E-state index contributed by atoms with van der Waals surface area (Å²) in [5.74, 6) is 0.731. The molecule has 6 heteroatoms. The van der Waals surface area contributed by atoms with Gasteiger partial charge in [-0.1, -0.05) is 0 Å². The predicted octanol–water partition coefficient (Wildman–Crippen LogP) is 1.54. The highest BCUT2D eigenvalue weighted by atomic mass is 32.1. The Hall–Kier alpha value is -0.720. The monoisotopic (exact) mass is 242 g/mol. The van der Waals surface area contributed by atoms with E-state index in [1.54, 1.807) is 7.11 Å². The summed E-state index contributed by atoms with van der Waals surface area (Å²) in [6.07, 6.45) is 3.38. The van der Waals surface area contributed by atoms with Crippen molar-refractivity contribution in [3.05, 3.63) is 5.82 Å². The van der Waals surface area contributed by atoms with Crippen molar-refractivity contribution in [3.8, 4) is 0 Å². The molecule has 0 spiro atoms. The topological polar surface area (TPSA) is 73.1 Å². The molecule has 0 saturated heterocycles. The normalized spacial score (nSPS) is 20.2. The second kappa shape index (κ2) is 4.65. The molecule has 1 aromatic rings. The van der Waals surface area contributed by atoms with Crippen LogP contribution < -0.4 is 11.1 Å². The maximum Gasteiger partial charge on any atom is 0.202 e. The molecule has 0 aliphatic heterocycles. The van der Waals surface area contributed by atoms with Crippen LogP contribution in [0.15, 0.2) is 0 Å². The lowest BCUT2D eigenvalue weighted by molar-refractivity contribution is 0.113. The molecular formula is C10H18N4OS. The molecule has 1 heterocycles. The fourth-order valence-corrected chi connectivity index (χ4v) is 2.28. The van der Waals surface area contributed by atoms with Crippen molar-refractivity contribution >= 4 is 16.7 Å². The summed E-state index contributed by atoms with van der Waals surface area (Å²) in [6.45, 7) is 2.71. The number of methoxy groups -OCH3 is 1. The van der Waals surface area contributed by atoms with E-state index in [-0.39, 0.29) is 11.6 Å². The summed E-state index contributed by atoms with van der Waals surface area (Å²) >= 11 is 1.36. The molecule has 1 aliphatic carbocycles. The van der Waals surface area contributed by atoms with E-state index in [9.17, 15) is 0 Å². The first-order valence-corrected chi connectivity index (χ1v) is 6.29. The van der Waals surface area contributed by atoms with E-state index >= 15 is 0 Å². The number of hydrogen-bond donors (Lipinski definition) is 2. The summed E-state index contributed by atoms with van der Waals surface area (Å²) in [5, 5.41) is 4.08. The number of anilines is 1. The molecule has 90 valence electrons. The van der Waals surface area contributed by atoms with Crippen molar-refractivity contribution in [1.29, 1.82) is 0 Å². The molecule has 16 heavy (non-hydrogen) atoms. The molecule has 1 atom stereocenters. The third kappa shape index (κ3) is 2.50. The molecule has 1 unspecified atom stereocenters. The minimum absolute atomic E-state index is 0.0291. The maximum atomic E-state index is 6.11. The molecular weight excluding hydrogens is 224 g/mol. The van der Waals surface area contributed by atoms with Gasteiger partial charge in [0.2, 0.25) is 5.13 Å². The van der Waals surface area contributed by atoms with Crippen LogP contribution in [0.2, 0.25) is 0 Å². The van der Waals surface area contributed by atoms with Crippen molar-refractivity contribution in [2.24, 2.45) is 5.73 Å². The van der Waals surface area contributed by atoms with Crippen LogP contribution in [0.5, 0.6) is 0 Å². The first-order chi connectivity index (χ1) is 7.63. The van der Waals surface area contributed by atoms with E-state index in [4.69, 9.17) is 10.5 Å². The fourth-order valence-electron chi connectivity index (χ4n) is 1.64. The molecule has 0 bridgehead atoms. The molecule has 0 aromatic carbocycles. The lowest BCUT2D eigenvalue weighted by Crippen LogP contribution is -2.51. The number of ether oxygens (including phenoxy) is 1. The van der Waals surface area contributed by atoms with Crippen molar-refractivity contribution in [1.82, 2.24) is 9.36 Å². The molecule has 3 N–H and O–H groups in total. The van der Waals surface area contributed by atoms with Gasteiger partial charge in [-0.25, -0.2) is 4.98 Å². The van der Waals surface area contributed by atoms with Crippen molar-refractivity contribution < 1.29 is 4.74 Å². The van der Waals surface area contributed by atoms with Gasteiger partial charge in [0.25, 0.3) is 0 Å². The van der Waals surface area contributed by atoms with Crippen LogP contribution in [0.25, 0.3) is 0 Å². The number of aromatic nitrogens is 2. The van der Waals surface area contributed by atoms with Gasteiger partial charge in [-0.3, -0.25) is 0 Å². The van der Waals surface area contributed by atoms with Gasteiger partial charge in [0, 0.05) is 30.7 Å². The lowest BCUT2D eigenvalue weighted by atomic mass is 9.78. The third-order valence-electron chi connectivity index (χ3n) is 3.10. The predicted molar refractivity (Wildman–Crippen MR) is 64.6 cm³/mol. The second-order valence-corrected chi connectivity index (χ2v) is 5.16. The van der Waals surface area contributed by atoms with Crippen LogP contribution >= 0.6 is 11.5 Å². The van der Waals surface area contributed by atoms with Gasteiger partial charge < -0.3 is 15.8 Å². The molecule has 0 amide bonds. The van der Waals surface area contributed by atoms with Gasteiger partial charge in [0.15, 0.2) is 5.82 Å². The summed E-state index contributed by atoms with van der Waals surface area (Å²) in [5.41, 5.74) is 6.08. The van der Waals surface area contributed by atoms with E-state index < -0.39 is 0 Å². The highest BCUT2D eigenvalue weighted by molar-refractivity contribution is 7.09. The highest BCUT2D eigenvalue weighted by Gasteiger charge is 2.32. The molecule has 0 radical (unpaired) electrons. The zero-order valence-corrected chi connectivity index (χ0v) is 10.5. The van der Waals surface area contributed by atoms with Crippen LogP contribution in [-0.4, -0.2) is 28.6 Å². The van der Waals surface area contributed by atoms with Gasteiger partial charge in [0.05, 0.1) is 0 Å². The number of nitrogens with zero attached hydrogens (tertiary/aromatic N) is 2. The molecule has 1 aliphatic rings. The van der Waals surface area contributed by atoms with Gasteiger partial charge in [0.1, 0.15) is 6.10 Å². The van der Waals surface area contributed by atoms with Gasteiger partial charge >= 0.3 is 0 Å². The standard InChI is InChI=1S/C10H18N4OS/c1-7(15-2)8-13-9(16-14-8)12-6-10(11)4-3-5-10/h7H,3-6,11H2,1-2H3,(H,12,13,14). The van der Waals surface area contributed by atoms with E-state index in [0.29, 0.717) is 0 Å². The Bertz CT molecular complexity index is 350. The Morgan fingerprint density at radius 2 is 2.38 bits per heavy atom. The summed E-state index contributed by atoms with van der Waals surface area (Å²) in [4.78, 5) is 4.36. The molecule has 2 rings (SSSR count). The number of rotatable bonds is 5. The van der Waals surface area contributed by atoms with Crippen LogP contribution in [-0.2, 0) is 4.74 Å². The van der Waals surface area contributed by atoms with Crippen LogP contribution in [0.1, 0.15) is 38.1 Å². The Kier molecular flexibility index (Phi) is 3.41. The summed E-state index contributed by atoms with van der Waals surface area (Å²) in [7, 11) is 1.65. The van der Waals surface area contributed by atoms with Gasteiger partial charge in [-0.15, -0.1) is 0 Å². The Morgan fingerprint density at radius 1 is 1.62 bits per heavy atom. The van der Waals surface area contributed by atoms with E-state index in [1.807, 2.05) is 6.92 Å². The highest BCUT2D eigenvalue weighted by Crippen LogP contribution is 2.29. The van der Waals surface area contributed by atoms with E-state index in [2.05, 4.69) is 14.7 Å². The SMILES string of the molecule is COC(C)c1nsc(NCC2(N)CCC2)n1. The average molecular weight is 242 g/mol. The third-order valence-corrected chi connectivity index (χ3v) is 3.79. The Labute approximate surface area is 99.6 Å². The smallest absolute Gasteiger partial charge is 0.202 e. The zero-order valence-electron chi connectivity index (χ0n) is 9.69.